The third-order valence-electron chi connectivity index (χ3n) is 3.04. The van der Waals surface area contributed by atoms with E-state index in [4.69, 9.17) is 0 Å². The van der Waals surface area contributed by atoms with Crippen molar-refractivity contribution in [3.8, 4) is 0 Å². The normalized spacial score (nSPS) is 10.8. The van der Waals surface area contributed by atoms with Crippen LogP contribution in [0.2, 0.25) is 0 Å². The first-order valence-corrected chi connectivity index (χ1v) is 7.71. The van der Waals surface area contributed by atoms with Gasteiger partial charge in [0.15, 0.2) is 0 Å². The number of nitrogens with zero attached hydrogens (tertiary/aromatic N) is 2. The van der Waals surface area contributed by atoms with Crippen LogP contribution in [-0.4, -0.2) is 33.4 Å². The first-order valence-electron chi connectivity index (χ1n) is 6.92. The lowest BCUT2D eigenvalue weighted by atomic mass is 10.2. The van der Waals surface area contributed by atoms with Crippen LogP contribution in [-0.2, 0) is 0 Å². The molecule has 0 fully saturated rings. The maximum atomic E-state index is 4.43. The number of halogens is 1. The van der Waals surface area contributed by atoms with Gasteiger partial charge in [0.05, 0.1) is 6.54 Å². The minimum atomic E-state index is 0.752. The lowest BCUT2D eigenvalue weighted by Crippen LogP contribution is -2.09. The molecule has 0 bridgehead atoms. The Kier molecular flexibility index (Phi) is 5.81. The average molecular weight is 346 g/mol. The number of aliphatic imine (C=N–C) groups is 1. The summed E-state index contributed by atoms with van der Waals surface area (Å²) in [5.74, 6) is 0. The third kappa shape index (κ3) is 5.23. The minimum absolute atomic E-state index is 0.752. The summed E-state index contributed by atoms with van der Waals surface area (Å²) < 4.78 is 1.07. The number of hydrogen-bond donors (Lipinski definition) is 1. The van der Waals surface area contributed by atoms with E-state index >= 15 is 0 Å². The zero-order valence-electron chi connectivity index (χ0n) is 12.4. The van der Waals surface area contributed by atoms with Crippen molar-refractivity contribution in [1.29, 1.82) is 0 Å². The SMILES string of the molecule is CN(C)c1ccc(NCCN=Cc2cccc(Br)c2)cc1. The van der Waals surface area contributed by atoms with Crippen molar-refractivity contribution in [2.75, 3.05) is 37.4 Å². The van der Waals surface area contributed by atoms with Crippen LogP contribution in [0.15, 0.2) is 58.0 Å². The Morgan fingerprint density at radius 2 is 1.90 bits per heavy atom. The lowest BCUT2D eigenvalue weighted by Gasteiger charge is -2.13. The molecule has 0 amide bonds. The van der Waals surface area contributed by atoms with Gasteiger partial charge in [-0.05, 0) is 42.0 Å². The molecule has 1 N–H and O–H groups in total. The van der Waals surface area contributed by atoms with E-state index in [0.29, 0.717) is 0 Å². The molecule has 0 saturated heterocycles. The first kappa shape index (κ1) is 15.6. The van der Waals surface area contributed by atoms with Gasteiger partial charge < -0.3 is 10.2 Å². The summed E-state index contributed by atoms with van der Waals surface area (Å²) in [5.41, 5.74) is 3.44. The predicted octanol–water partition coefficient (Wildman–Crippen LogP) is 4.05. The molecule has 0 saturated carbocycles. The van der Waals surface area contributed by atoms with Gasteiger partial charge in [0.1, 0.15) is 0 Å². The number of anilines is 2. The Labute approximate surface area is 134 Å². The smallest absolute Gasteiger partial charge is 0.0562 e. The Morgan fingerprint density at radius 1 is 1.14 bits per heavy atom. The van der Waals surface area contributed by atoms with E-state index in [1.165, 1.54) is 5.69 Å². The number of hydrogen-bond acceptors (Lipinski definition) is 3. The highest BCUT2D eigenvalue weighted by atomic mass is 79.9. The van der Waals surface area contributed by atoms with Gasteiger partial charge in [0, 0.05) is 42.7 Å². The molecule has 21 heavy (non-hydrogen) atoms. The minimum Gasteiger partial charge on any atom is -0.383 e. The van der Waals surface area contributed by atoms with Gasteiger partial charge in [0.2, 0.25) is 0 Å². The fraction of sp³-hybridized carbons (Fsp3) is 0.235. The summed E-state index contributed by atoms with van der Waals surface area (Å²) in [6.07, 6.45) is 1.90. The zero-order chi connectivity index (χ0) is 15.1. The van der Waals surface area contributed by atoms with Crippen LogP contribution < -0.4 is 10.2 Å². The topological polar surface area (TPSA) is 27.6 Å². The second-order valence-electron chi connectivity index (χ2n) is 4.96. The second kappa shape index (κ2) is 7.84. The summed E-state index contributed by atoms with van der Waals surface area (Å²) in [5, 5.41) is 3.37. The molecule has 0 unspecified atom stereocenters. The van der Waals surface area contributed by atoms with Crippen molar-refractivity contribution in [3.05, 3.63) is 58.6 Å². The molecule has 0 aliphatic heterocycles. The average Bonchev–Trinajstić information content (AvgIpc) is 2.47. The van der Waals surface area contributed by atoms with Crippen LogP contribution in [0.4, 0.5) is 11.4 Å². The van der Waals surface area contributed by atoms with Gasteiger partial charge in [-0.15, -0.1) is 0 Å². The summed E-state index contributed by atoms with van der Waals surface area (Å²) >= 11 is 3.45. The van der Waals surface area contributed by atoms with Gasteiger partial charge in [-0.2, -0.15) is 0 Å². The zero-order valence-corrected chi connectivity index (χ0v) is 14.0. The molecular formula is C17H20BrN3. The van der Waals surface area contributed by atoms with Crippen LogP contribution in [0, 0.1) is 0 Å². The van der Waals surface area contributed by atoms with E-state index in [-0.39, 0.29) is 0 Å². The maximum Gasteiger partial charge on any atom is 0.0562 e. The molecule has 0 aliphatic rings. The molecule has 4 heteroatoms. The number of benzene rings is 2. The van der Waals surface area contributed by atoms with Gasteiger partial charge in [0.25, 0.3) is 0 Å². The molecule has 110 valence electrons. The van der Waals surface area contributed by atoms with Crippen molar-refractivity contribution in [2.24, 2.45) is 4.99 Å². The molecule has 0 spiro atoms. The van der Waals surface area contributed by atoms with Crippen molar-refractivity contribution in [1.82, 2.24) is 0 Å². The third-order valence-corrected chi connectivity index (χ3v) is 3.54. The highest BCUT2D eigenvalue weighted by molar-refractivity contribution is 9.10. The van der Waals surface area contributed by atoms with Crippen LogP contribution >= 0.6 is 15.9 Å². The Bertz CT molecular complexity index is 591. The maximum absolute atomic E-state index is 4.43. The van der Waals surface area contributed by atoms with Crippen molar-refractivity contribution < 1.29 is 0 Å². The van der Waals surface area contributed by atoms with Crippen LogP contribution in [0.1, 0.15) is 5.56 Å². The molecule has 0 heterocycles. The molecule has 2 rings (SSSR count). The van der Waals surface area contributed by atoms with Gasteiger partial charge in [-0.25, -0.2) is 0 Å². The Hall–Kier alpha value is -1.81. The molecule has 2 aromatic rings. The molecular weight excluding hydrogens is 326 g/mol. The molecule has 0 atom stereocenters. The molecule has 2 aromatic carbocycles. The summed E-state index contributed by atoms with van der Waals surface area (Å²) in [4.78, 5) is 6.52. The molecule has 0 radical (unpaired) electrons. The quantitative estimate of drug-likeness (QED) is 0.631. The van der Waals surface area contributed by atoms with Gasteiger partial charge in [-0.3, -0.25) is 4.99 Å². The van der Waals surface area contributed by atoms with E-state index in [1.54, 1.807) is 0 Å². The van der Waals surface area contributed by atoms with Crippen LogP contribution in [0.25, 0.3) is 0 Å². The molecule has 3 nitrogen and oxygen atoms in total. The van der Waals surface area contributed by atoms with Crippen molar-refractivity contribution >= 4 is 33.5 Å². The highest BCUT2D eigenvalue weighted by Crippen LogP contribution is 2.15. The number of nitrogens with one attached hydrogen (secondary N) is 1. The summed E-state index contributed by atoms with van der Waals surface area (Å²) in [6, 6.07) is 16.5. The Balaban J connectivity index is 1.76. The Morgan fingerprint density at radius 3 is 2.57 bits per heavy atom. The monoisotopic (exact) mass is 345 g/mol. The van der Waals surface area contributed by atoms with E-state index in [1.807, 2.05) is 38.5 Å². The fourth-order valence-corrected chi connectivity index (χ4v) is 2.32. The highest BCUT2D eigenvalue weighted by Gasteiger charge is 1.95. The molecule has 0 aliphatic carbocycles. The number of rotatable bonds is 6. The van der Waals surface area contributed by atoms with Gasteiger partial charge >= 0.3 is 0 Å². The van der Waals surface area contributed by atoms with Gasteiger partial charge in [-0.1, -0.05) is 28.1 Å². The van der Waals surface area contributed by atoms with E-state index in [0.717, 1.165) is 28.8 Å². The standard InChI is InChI=1S/C17H20BrN3/c1-21(2)17-8-6-16(7-9-17)20-11-10-19-13-14-4-3-5-15(18)12-14/h3-9,12-13,20H,10-11H2,1-2H3. The van der Waals surface area contributed by atoms with Crippen molar-refractivity contribution in [2.45, 2.75) is 0 Å². The summed E-state index contributed by atoms with van der Waals surface area (Å²) in [6.45, 7) is 1.58. The van der Waals surface area contributed by atoms with Crippen LogP contribution in [0.5, 0.6) is 0 Å². The van der Waals surface area contributed by atoms with Crippen molar-refractivity contribution in [3.63, 3.8) is 0 Å². The fourth-order valence-electron chi connectivity index (χ4n) is 1.90. The largest absolute Gasteiger partial charge is 0.383 e. The van der Waals surface area contributed by atoms with E-state index in [9.17, 15) is 0 Å². The van der Waals surface area contributed by atoms with Crippen LogP contribution in [0.3, 0.4) is 0 Å². The predicted molar refractivity (Wildman–Crippen MR) is 95.9 cm³/mol. The first-order chi connectivity index (χ1) is 10.1. The molecule has 0 aromatic heterocycles. The van der Waals surface area contributed by atoms with E-state index in [2.05, 4.69) is 61.5 Å². The van der Waals surface area contributed by atoms with E-state index < -0.39 is 0 Å². The lowest BCUT2D eigenvalue weighted by molar-refractivity contribution is 1.03. The second-order valence-corrected chi connectivity index (χ2v) is 5.87. The summed E-state index contributed by atoms with van der Waals surface area (Å²) in [7, 11) is 4.08.